The summed E-state index contributed by atoms with van der Waals surface area (Å²) in [6.45, 7) is 0. The number of benzene rings is 2. The minimum absolute atomic E-state index is 0.000591. The molecule has 24 heavy (non-hydrogen) atoms. The van der Waals surface area contributed by atoms with E-state index in [0.29, 0.717) is 4.47 Å². The molecular weight excluding hydrogens is 371 g/mol. The fourth-order valence-corrected chi connectivity index (χ4v) is 2.80. The van der Waals surface area contributed by atoms with Crippen LogP contribution in [0.15, 0.2) is 77.5 Å². The highest BCUT2D eigenvalue weighted by molar-refractivity contribution is 9.10. The summed E-state index contributed by atoms with van der Waals surface area (Å²) in [7, 11) is 0. The molecule has 0 aliphatic carbocycles. The van der Waals surface area contributed by atoms with Crippen molar-refractivity contribution in [2.24, 2.45) is 0 Å². The van der Waals surface area contributed by atoms with E-state index in [1.54, 1.807) is 18.5 Å². The maximum atomic E-state index is 14.0. The molecule has 0 aliphatic rings. The van der Waals surface area contributed by atoms with E-state index in [1.807, 2.05) is 42.5 Å². The second-order valence-electron chi connectivity index (χ2n) is 5.22. The number of pyridine rings is 1. The fraction of sp³-hybridized carbons (Fsp3) is 0.0526. The number of hydrogen-bond donors (Lipinski definition) is 1. The molecule has 1 N–H and O–H groups in total. The minimum atomic E-state index is -0.558. The summed E-state index contributed by atoms with van der Waals surface area (Å²) in [5, 5.41) is 2.91. The maximum Gasteiger partial charge on any atom is 0.255 e. The number of carbonyl (C=O) groups is 1. The van der Waals surface area contributed by atoms with Gasteiger partial charge in [-0.3, -0.25) is 9.78 Å². The Morgan fingerprint density at radius 3 is 2.38 bits per heavy atom. The average Bonchev–Trinajstić information content (AvgIpc) is 2.63. The monoisotopic (exact) mass is 384 g/mol. The predicted molar refractivity (Wildman–Crippen MR) is 94.1 cm³/mol. The third kappa shape index (κ3) is 3.68. The number of amides is 1. The lowest BCUT2D eigenvalue weighted by molar-refractivity contribution is 0.0939. The number of hydrogen-bond acceptors (Lipinski definition) is 2. The largest absolute Gasteiger partial charge is 0.341 e. The highest BCUT2D eigenvalue weighted by Gasteiger charge is 2.20. The van der Waals surface area contributed by atoms with Crippen molar-refractivity contribution >= 4 is 21.8 Å². The molecule has 1 unspecified atom stereocenters. The zero-order chi connectivity index (χ0) is 16.9. The van der Waals surface area contributed by atoms with Crippen LogP contribution in [0.3, 0.4) is 0 Å². The first-order chi connectivity index (χ1) is 11.6. The summed E-state index contributed by atoms with van der Waals surface area (Å²) in [4.78, 5) is 16.6. The number of nitrogens with one attached hydrogen (secondary N) is 1. The normalized spacial score (nSPS) is 11.8. The van der Waals surface area contributed by atoms with Crippen LogP contribution in [0.2, 0.25) is 0 Å². The van der Waals surface area contributed by atoms with Gasteiger partial charge in [-0.25, -0.2) is 4.39 Å². The lowest BCUT2D eigenvalue weighted by atomic mass is 9.99. The first-order valence-electron chi connectivity index (χ1n) is 7.36. The second kappa shape index (κ2) is 7.36. The molecule has 0 spiro atoms. The average molecular weight is 385 g/mol. The van der Waals surface area contributed by atoms with Gasteiger partial charge in [0, 0.05) is 16.9 Å². The molecule has 2 aromatic carbocycles. The molecule has 0 fully saturated rings. The Hall–Kier alpha value is -2.53. The van der Waals surface area contributed by atoms with E-state index in [-0.39, 0.29) is 11.6 Å². The zero-order valence-corrected chi connectivity index (χ0v) is 14.2. The van der Waals surface area contributed by atoms with Gasteiger partial charge in [0.05, 0.1) is 11.6 Å². The van der Waals surface area contributed by atoms with Crippen molar-refractivity contribution in [2.45, 2.75) is 6.04 Å². The van der Waals surface area contributed by atoms with Crippen molar-refractivity contribution in [3.63, 3.8) is 0 Å². The Kier molecular flexibility index (Phi) is 5.01. The van der Waals surface area contributed by atoms with Gasteiger partial charge in [-0.2, -0.15) is 0 Å². The summed E-state index contributed by atoms with van der Waals surface area (Å²) in [5.74, 6) is -1.03. The quantitative estimate of drug-likeness (QED) is 0.719. The van der Waals surface area contributed by atoms with Crippen LogP contribution < -0.4 is 5.32 Å². The highest BCUT2D eigenvalue weighted by atomic mass is 79.9. The van der Waals surface area contributed by atoms with Crippen molar-refractivity contribution in [2.75, 3.05) is 0 Å². The lowest BCUT2D eigenvalue weighted by Crippen LogP contribution is -2.30. The van der Waals surface area contributed by atoms with Crippen LogP contribution >= 0.6 is 15.9 Å². The Morgan fingerprint density at radius 2 is 1.67 bits per heavy atom. The van der Waals surface area contributed by atoms with Gasteiger partial charge in [0.15, 0.2) is 0 Å². The van der Waals surface area contributed by atoms with Crippen LogP contribution in [0.4, 0.5) is 4.39 Å². The molecule has 0 radical (unpaired) electrons. The van der Waals surface area contributed by atoms with E-state index in [9.17, 15) is 9.18 Å². The SMILES string of the molecule is O=C(NC(c1ccccc1)c1ccncc1)c1cc(Br)ccc1F. The predicted octanol–water partition coefficient (Wildman–Crippen LogP) is 4.50. The van der Waals surface area contributed by atoms with E-state index in [2.05, 4.69) is 26.2 Å². The minimum Gasteiger partial charge on any atom is -0.341 e. The third-order valence-corrected chi connectivity index (χ3v) is 4.11. The Labute approximate surface area is 147 Å². The number of aromatic nitrogens is 1. The molecule has 3 nitrogen and oxygen atoms in total. The van der Waals surface area contributed by atoms with Gasteiger partial charge in [-0.15, -0.1) is 0 Å². The summed E-state index contributed by atoms with van der Waals surface area (Å²) in [6, 6.07) is 17.1. The molecule has 0 bridgehead atoms. The number of rotatable bonds is 4. The number of carbonyl (C=O) groups excluding carboxylic acids is 1. The number of halogens is 2. The van der Waals surface area contributed by atoms with Crippen molar-refractivity contribution in [3.05, 3.63) is 100 Å². The first kappa shape index (κ1) is 16.3. The molecule has 3 aromatic rings. The maximum absolute atomic E-state index is 14.0. The summed E-state index contributed by atoms with van der Waals surface area (Å²) >= 11 is 3.27. The molecule has 0 saturated heterocycles. The fourth-order valence-electron chi connectivity index (χ4n) is 2.44. The summed E-state index contributed by atoms with van der Waals surface area (Å²) in [6.07, 6.45) is 3.33. The van der Waals surface area contributed by atoms with E-state index >= 15 is 0 Å². The Morgan fingerprint density at radius 1 is 1.00 bits per heavy atom. The van der Waals surface area contributed by atoms with Gasteiger partial charge < -0.3 is 5.32 Å². The van der Waals surface area contributed by atoms with Crippen LogP contribution in [-0.4, -0.2) is 10.9 Å². The van der Waals surface area contributed by atoms with Crippen LogP contribution in [0.5, 0.6) is 0 Å². The summed E-state index contributed by atoms with van der Waals surface area (Å²) in [5.41, 5.74) is 1.78. The van der Waals surface area contributed by atoms with Gasteiger partial charge >= 0.3 is 0 Å². The lowest BCUT2D eigenvalue weighted by Gasteiger charge is -2.20. The Balaban J connectivity index is 1.95. The van der Waals surface area contributed by atoms with Crippen LogP contribution in [-0.2, 0) is 0 Å². The molecule has 3 rings (SSSR count). The molecule has 0 aliphatic heterocycles. The second-order valence-corrected chi connectivity index (χ2v) is 6.14. The smallest absolute Gasteiger partial charge is 0.255 e. The van der Waals surface area contributed by atoms with E-state index < -0.39 is 11.7 Å². The zero-order valence-electron chi connectivity index (χ0n) is 12.6. The molecule has 5 heteroatoms. The van der Waals surface area contributed by atoms with Crippen LogP contribution in [0.25, 0.3) is 0 Å². The Bertz CT molecular complexity index is 801. The van der Waals surface area contributed by atoms with Crippen LogP contribution in [0, 0.1) is 5.82 Å². The molecule has 1 amide bonds. The van der Waals surface area contributed by atoms with Crippen molar-refractivity contribution < 1.29 is 9.18 Å². The van der Waals surface area contributed by atoms with Gasteiger partial charge in [-0.1, -0.05) is 46.3 Å². The van der Waals surface area contributed by atoms with Crippen LogP contribution in [0.1, 0.15) is 27.5 Å². The molecule has 1 atom stereocenters. The molecule has 1 heterocycles. The van der Waals surface area contributed by atoms with E-state index in [1.165, 1.54) is 12.1 Å². The van der Waals surface area contributed by atoms with E-state index in [0.717, 1.165) is 11.1 Å². The van der Waals surface area contributed by atoms with Crippen molar-refractivity contribution in [1.29, 1.82) is 0 Å². The first-order valence-corrected chi connectivity index (χ1v) is 8.15. The molecule has 0 saturated carbocycles. The van der Waals surface area contributed by atoms with Crippen molar-refractivity contribution in [3.8, 4) is 0 Å². The highest BCUT2D eigenvalue weighted by Crippen LogP contribution is 2.23. The third-order valence-electron chi connectivity index (χ3n) is 3.62. The molecular formula is C19H14BrFN2O. The van der Waals surface area contributed by atoms with Crippen molar-refractivity contribution in [1.82, 2.24) is 10.3 Å². The standard InChI is InChI=1S/C19H14BrFN2O/c20-15-6-7-17(21)16(12-15)19(24)23-18(13-4-2-1-3-5-13)14-8-10-22-11-9-14/h1-12,18H,(H,23,24). The van der Waals surface area contributed by atoms with E-state index in [4.69, 9.17) is 0 Å². The van der Waals surface area contributed by atoms with Gasteiger partial charge in [0.25, 0.3) is 5.91 Å². The number of nitrogens with zero attached hydrogens (tertiary/aromatic N) is 1. The van der Waals surface area contributed by atoms with Gasteiger partial charge in [-0.05, 0) is 41.5 Å². The topological polar surface area (TPSA) is 42.0 Å². The molecule has 1 aromatic heterocycles. The van der Waals surface area contributed by atoms with Gasteiger partial charge in [0.2, 0.25) is 0 Å². The molecule has 120 valence electrons. The van der Waals surface area contributed by atoms with Gasteiger partial charge in [0.1, 0.15) is 5.82 Å². The summed E-state index contributed by atoms with van der Waals surface area (Å²) < 4.78 is 14.6.